The van der Waals surface area contributed by atoms with Crippen LogP contribution in [0.4, 0.5) is 0 Å². The van der Waals surface area contributed by atoms with E-state index in [-0.39, 0.29) is 5.38 Å². The van der Waals surface area contributed by atoms with Gasteiger partial charge in [-0.1, -0.05) is 12.1 Å². The number of aromatic nitrogens is 2. The lowest BCUT2D eigenvalue weighted by Gasteiger charge is -2.08. The highest BCUT2D eigenvalue weighted by atomic mass is 35.5. The van der Waals surface area contributed by atoms with Crippen LogP contribution in [0.2, 0.25) is 0 Å². The Morgan fingerprint density at radius 2 is 1.79 bits per heavy atom. The maximum Gasteiger partial charge on any atom is 0.314 e. The van der Waals surface area contributed by atoms with Crippen LogP contribution in [-0.2, 0) is 0 Å². The smallest absolute Gasteiger partial charge is 0.314 e. The summed E-state index contributed by atoms with van der Waals surface area (Å²) < 4.78 is 0. The number of H-pyrrole nitrogens is 2. The number of thiophene rings is 1. The van der Waals surface area contributed by atoms with Gasteiger partial charge in [-0.3, -0.25) is 9.59 Å². The van der Waals surface area contributed by atoms with E-state index < -0.39 is 11.1 Å². The second-order valence-electron chi connectivity index (χ2n) is 4.09. The first-order chi connectivity index (χ1) is 9.15. The van der Waals surface area contributed by atoms with E-state index in [9.17, 15) is 9.59 Å². The minimum Gasteiger partial charge on any atom is -0.316 e. The van der Waals surface area contributed by atoms with Crippen LogP contribution in [-0.4, -0.2) is 9.97 Å². The summed E-state index contributed by atoms with van der Waals surface area (Å²) in [6.07, 6.45) is 0. The van der Waals surface area contributed by atoms with E-state index in [1.54, 1.807) is 23.5 Å². The molecule has 0 saturated carbocycles. The molecule has 6 heteroatoms. The van der Waals surface area contributed by atoms with Crippen molar-refractivity contribution in [2.24, 2.45) is 0 Å². The number of benzene rings is 1. The summed E-state index contributed by atoms with van der Waals surface area (Å²) >= 11 is 7.97. The molecule has 0 radical (unpaired) electrons. The molecular weight excluding hydrogens is 284 g/mol. The van der Waals surface area contributed by atoms with Crippen molar-refractivity contribution in [2.45, 2.75) is 5.38 Å². The molecule has 96 valence electrons. The first kappa shape index (κ1) is 12.2. The van der Waals surface area contributed by atoms with Crippen molar-refractivity contribution < 1.29 is 0 Å². The van der Waals surface area contributed by atoms with Crippen LogP contribution in [0.15, 0.2) is 45.3 Å². The van der Waals surface area contributed by atoms with E-state index in [1.165, 1.54) is 0 Å². The van der Waals surface area contributed by atoms with Crippen molar-refractivity contribution in [3.05, 3.63) is 66.9 Å². The highest BCUT2D eigenvalue weighted by Crippen LogP contribution is 2.32. The molecule has 0 saturated heterocycles. The Bertz CT molecular complexity index is 836. The summed E-state index contributed by atoms with van der Waals surface area (Å²) in [5.74, 6) is 0. The lowest BCUT2D eigenvalue weighted by molar-refractivity contribution is 1.13. The van der Waals surface area contributed by atoms with Gasteiger partial charge in [-0.05, 0) is 29.1 Å². The first-order valence-electron chi connectivity index (χ1n) is 5.59. The lowest BCUT2D eigenvalue weighted by atomic mass is 10.1. The summed E-state index contributed by atoms with van der Waals surface area (Å²) in [7, 11) is 0. The number of fused-ring (bicyclic) bond motifs is 1. The Balaban J connectivity index is 2.14. The van der Waals surface area contributed by atoms with Crippen molar-refractivity contribution in [3.63, 3.8) is 0 Å². The molecular formula is C13H9ClN2O2S. The number of hydrogen-bond acceptors (Lipinski definition) is 3. The first-order valence-corrected chi connectivity index (χ1v) is 6.90. The van der Waals surface area contributed by atoms with E-state index in [4.69, 9.17) is 11.6 Å². The lowest BCUT2D eigenvalue weighted by Crippen LogP contribution is -2.28. The second kappa shape index (κ2) is 4.68. The summed E-state index contributed by atoms with van der Waals surface area (Å²) in [5, 5.41) is 1.70. The van der Waals surface area contributed by atoms with Crippen LogP contribution < -0.4 is 11.1 Å². The number of aromatic amines is 2. The summed E-state index contributed by atoms with van der Waals surface area (Å²) in [4.78, 5) is 28.6. The molecule has 2 aromatic heterocycles. The van der Waals surface area contributed by atoms with Gasteiger partial charge in [0.05, 0.1) is 16.4 Å². The summed E-state index contributed by atoms with van der Waals surface area (Å²) in [6, 6.07) is 9.26. The number of hydrogen-bond donors (Lipinski definition) is 2. The topological polar surface area (TPSA) is 65.7 Å². The zero-order valence-electron chi connectivity index (χ0n) is 9.64. The fourth-order valence-electron chi connectivity index (χ4n) is 1.89. The van der Waals surface area contributed by atoms with Crippen molar-refractivity contribution in [2.75, 3.05) is 0 Å². The number of alkyl halides is 1. The molecule has 0 amide bonds. The number of nitrogens with one attached hydrogen (secondary N) is 2. The van der Waals surface area contributed by atoms with Crippen LogP contribution >= 0.6 is 22.9 Å². The molecule has 0 spiro atoms. The average Bonchev–Trinajstić information content (AvgIpc) is 2.93. The maximum absolute atomic E-state index is 11.3. The van der Waals surface area contributed by atoms with Crippen molar-refractivity contribution in [3.8, 4) is 0 Å². The van der Waals surface area contributed by atoms with Gasteiger partial charge in [0.25, 0.3) is 0 Å². The Labute approximate surface area is 116 Å². The van der Waals surface area contributed by atoms with Crippen molar-refractivity contribution in [1.29, 1.82) is 0 Å². The Kier molecular flexibility index (Phi) is 3.00. The van der Waals surface area contributed by atoms with Gasteiger partial charge in [0.1, 0.15) is 0 Å². The predicted octanol–water partition coefficient (Wildman–Crippen LogP) is 2.61. The van der Waals surface area contributed by atoms with Crippen LogP contribution in [0.3, 0.4) is 0 Å². The molecule has 1 atom stereocenters. The second-order valence-corrected chi connectivity index (χ2v) is 5.51. The maximum atomic E-state index is 11.3. The van der Waals surface area contributed by atoms with Crippen molar-refractivity contribution >= 4 is 34.0 Å². The van der Waals surface area contributed by atoms with Gasteiger partial charge in [0.2, 0.25) is 0 Å². The van der Waals surface area contributed by atoms with Crippen molar-refractivity contribution in [1.82, 2.24) is 9.97 Å². The monoisotopic (exact) mass is 292 g/mol. The fraction of sp³-hybridized carbons (Fsp3) is 0.0769. The Morgan fingerprint density at radius 1 is 1.05 bits per heavy atom. The molecule has 1 unspecified atom stereocenters. The van der Waals surface area contributed by atoms with E-state index in [0.717, 1.165) is 10.4 Å². The summed E-state index contributed by atoms with van der Waals surface area (Å²) in [5.41, 5.74) is 0.722. The minimum atomic E-state index is -0.660. The zero-order valence-corrected chi connectivity index (χ0v) is 11.2. The SMILES string of the molecule is O=c1[nH]c2ccc(C(Cl)c3cccs3)cc2[nH]c1=O. The standard InChI is InChI=1S/C13H9ClN2O2S/c14-11(10-2-1-5-19-10)7-3-4-8-9(6-7)16-13(18)12(17)15-8/h1-6,11H,(H,15,17)(H,16,18). The van der Waals surface area contributed by atoms with Gasteiger partial charge in [-0.2, -0.15) is 0 Å². The zero-order chi connectivity index (χ0) is 13.4. The van der Waals surface area contributed by atoms with Crippen LogP contribution in [0, 0.1) is 0 Å². The molecule has 0 aliphatic rings. The van der Waals surface area contributed by atoms with Crippen LogP contribution in [0.1, 0.15) is 15.8 Å². The Morgan fingerprint density at radius 3 is 2.47 bits per heavy atom. The molecule has 0 bridgehead atoms. The molecule has 0 fully saturated rings. The van der Waals surface area contributed by atoms with E-state index >= 15 is 0 Å². The molecule has 19 heavy (non-hydrogen) atoms. The van der Waals surface area contributed by atoms with E-state index in [0.29, 0.717) is 11.0 Å². The van der Waals surface area contributed by atoms with Gasteiger partial charge < -0.3 is 9.97 Å². The third-order valence-corrected chi connectivity index (χ3v) is 4.39. The highest BCUT2D eigenvalue weighted by molar-refractivity contribution is 7.10. The third-order valence-electron chi connectivity index (χ3n) is 2.83. The third kappa shape index (κ3) is 2.22. The molecule has 1 aromatic carbocycles. The van der Waals surface area contributed by atoms with Gasteiger partial charge in [0, 0.05) is 4.88 Å². The number of rotatable bonds is 2. The number of halogens is 1. The predicted molar refractivity (Wildman–Crippen MR) is 77.2 cm³/mol. The highest BCUT2D eigenvalue weighted by Gasteiger charge is 2.12. The molecule has 3 aromatic rings. The van der Waals surface area contributed by atoms with Gasteiger partial charge in [-0.15, -0.1) is 22.9 Å². The minimum absolute atomic E-state index is 0.264. The normalized spacial score (nSPS) is 12.7. The molecule has 0 aliphatic carbocycles. The van der Waals surface area contributed by atoms with Gasteiger partial charge in [-0.25, -0.2) is 0 Å². The van der Waals surface area contributed by atoms with E-state index in [1.807, 2.05) is 23.6 Å². The average molecular weight is 293 g/mol. The fourth-order valence-corrected chi connectivity index (χ4v) is 2.98. The molecule has 4 nitrogen and oxygen atoms in total. The molecule has 3 rings (SSSR count). The largest absolute Gasteiger partial charge is 0.316 e. The van der Waals surface area contributed by atoms with Crippen LogP contribution in [0.5, 0.6) is 0 Å². The Hall–Kier alpha value is -1.85. The molecule has 2 N–H and O–H groups in total. The van der Waals surface area contributed by atoms with Crippen LogP contribution in [0.25, 0.3) is 11.0 Å². The quantitative estimate of drug-likeness (QED) is 0.563. The van der Waals surface area contributed by atoms with E-state index in [2.05, 4.69) is 9.97 Å². The summed E-state index contributed by atoms with van der Waals surface area (Å²) in [6.45, 7) is 0. The molecule has 2 heterocycles. The van der Waals surface area contributed by atoms with Gasteiger partial charge >= 0.3 is 11.1 Å². The van der Waals surface area contributed by atoms with Gasteiger partial charge in [0.15, 0.2) is 0 Å². The molecule has 0 aliphatic heterocycles.